The van der Waals surface area contributed by atoms with Crippen molar-refractivity contribution >= 4 is 24.4 Å². The lowest BCUT2D eigenvalue weighted by molar-refractivity contribution is -0.136. The molecule has 0 bridgehead atoms. The first kappa shape index (κ1) is 18.7. The van der Waals surface area contributed by atoms with Gasteiger partial charge in [0.05, 0.1) is 5.56 Å². The lowest BCUT2D eigenvalue weighted by atomic mass is 10.0. The van der Waals surface area contributed by atoms with Gasteiger partial charge in [0.1, 0.15) is 11.3 Å². The minimum atomic E-state index is -4.69. The molecule has 3 aromatic rings. The minimum Gasteiger partial charge on any atom is -0.537 e. The zero-order valence-electron chi connectivity index (χ0n) is 13.6. The van der Waals surface area contributed by atoms with Crippen LogP contribution < -0.4 is 10.3 Å². The molecular formula is C18H11BF3O5. The summed E-state index contributed by atoms with van der Waals surface area (Å²) in [6.45, 7) is 0. The van der Waals surface area contributed by atoms with Crippen LogP contribution >= 0.6 is 0 Å². The molecule has 1 heterocycles. The Bertz CT molecular complexity index is 1040. The van der Waals surface area contributed by atoms with Crippen LogP contribution in [-0.4, -0.2) is 18.5 Å². The number of carbonyl (C=O) groups excluding carboxylic acids is 1. The van der Waals surface area contributed by atoms with Gasteiger partial charge >= 0.3 is 19.5 Å². The second-order valence-electron chi connectivity index (χ2n) is 5.65. The van der Waals surface area contributed by atoms with Crippen molar-refractivity contribution in [2.24, 2.45) is 0 Å². The van der Waals surface area contributed by atoms with E-state index in [1.807, 2.05) is 0 Å². The van der Waals surface area contributed by atoms with Crippen LogP contribution in [0.15, 0.2) is 57.7 Å². The van der Waals surface area contributed by atoms with Gasteiger partial charge in [0.25, 0.3) is 0 Å². The number of fused-ring (bicyclic) bond motifs is 1. The number of hydrogen-bond acceptors (Lipinski definition) is 5. The first-order chi connectivity index (χ1) is 12.8. The number of hydrogen-bond donors (Lipinski definition) is 1. The molecule has 137 valence electrons. The molecule has 5 nitrogen and oxygen atoms in total. The quantitative estimate of drug-likeness (QED) is 0.421. The predicted molar refractivity (Wildman–Crippen MR) is 90.6 cm³/mol. The number of carbonyl (C=O) groups is 1. The average molecular weight is 375 g/mol. The van der Waals surface area contributed by atoms with Gasteiger partial charge in [0.2, 0.25) is 0 Å². The molecule has 1 aromatic heterocycles. The van der Waals surface area contributed by atoms with Crippen LogP contribution in [0.25, 0.3) is 11.0 Å². The molecule has 0 amide bonds. The Balaban J connectivity index is 1.89. The Morgan fingerprint density at radius 3 is 2.44 bits per heavy atom. The maximum absolute atomic E-state index is 13.1. The van der Waals surface area contributed by atoms with Crippen LogP contribution in [0.3, 0.4) is 0 Å². The topological polar surface area (TPSA) is 76.7 Å². The molecule has 1 radical (unpaired) electrons. The lowest BCUT2D eigenvalue weighted by Crippen LogP contribution is -2.11. The lowest BCUT2D eigenvalue weighted by Gasteiger charge is -2.10. The molecule has 1 N–H and O–H groups in total. The fourth-order valence-electron chi connectivity index (χ4n) is 2.62. The summed E-state index contributed by atoms with van der Waals surface area (Å²) in [7, 11) is 0.509. The molecule has 9 heteroatoms. The molecule has 27 heavy (non-hydrogen) atoms. The monoisotopic (exact) mass is 375 g/mol. The molecule has 0 spiro atoms. The maximum atomic E-state index is 13.1. The summed E-state index contributed by atoms with van der Waals surface area (Å²) in [4.78, 5) is 23.8. The number of ketones is 1. The van der Waals surface area contributed by atoms with Crippen molar-refractivity contribution in [2.75, 3.05) is 0 Å². The molecule has 0 aliphatic carbocycles. The van der Waals surface area contributed by atoms with E-state index in [1.165, 1.54) is 42.5 Å². The van der Waals surface area contributed by atoms with Gasteiger partial charge in [-0.15, -0.1) is 0 Å². The van der Waals surface area contributed by atoms with Gasteiger partial charge in [-0.2, -0.15) is 13.2 Å². The summed E-state index contributed by atoms with van der Waals surface area (Å²) in [5.41, 5.74) is -1.68. The second-order valence-corrected chi connectivity index (χ2v) is 5.65. The van der Waals surface area contributed by atoms with E-state index in [2.05, 4.69) is 0 Å². The van der Waals surface area contributed by atoms with Crippen molar-refractivity contribution in [1.29, 1.82) is 0 Å². The largest absolute Gasteiger partial charge is 0.569 e. The first-order valence-corrected chi connectivity index (χ1v) is 7.68. The van der Waals surface area contributed by atoms with Crippen molar-refractivity contribution in [2.45, 2.75) is 12.6 Å². The van der Waals surface area contributed by atoms with Gasteiger partial charge in [0.15, 0.2) is 5.78 Å². The minimum absolute atomic E-state index is 0.0950. The van der Waals surface area contributed by atoms with E-state index >= 15 is 0 Å². The number of alkyl halides is 3. The molecule has 2 aromatic carbocycles. The summed E-state index contributed by atoms with van der Waals surface area (Å²) in [6.07, 6.45) is -4.79. The Kier molecular flexibility index (Phi) is 5.05. The summed E-state index contributed by atoms with van der Waals surface area (Å²) in [5, 5.41) is 8.30. The Labute approximate surface area is 151 Å². The fourth-order valence-corrected chi connectivity index (χ4v) is 2.62. The van der Waals surface area contributed by atoms with Crippen LogP contribution in [0, 0.1) is 0 Å². The molecule has 0 aliphatic rings. The van der Waals surface area contributed by atoms with Gasteiger partial charge < -0.3 is 14.1 Å². The highest BCUT2D eigenvalue weighted by atomic mass is 19.4. The van der Waals surface area contributed by atoms with E-state index in [-0.39, 0.29) is 23.2 Å². The second kappa shape index (κ2) is 7.28. The highest BCUT2D eigenvalue weighted by Gasteiger charge is 2.33. The Morgan fingerprint density at radius 2 is 1.81 bits per heavy atom. The normalized spacial score (nSPS) is 11.4. The summed E-state index contributed by atoms with van der Waals surface area (Å²) < 4.78 is 48.8. The van der Waals surface area contributed by atoms with Gasteiger partial charge in [-0.3, -0.25) is 4.79 Å². The zero-order chi connectivity index (χ0) is 19.6. The third-order valence-electron chi connectivity index (χ3n) is 3.84. The number of rotatable bonds is 5. The van der Waals surface area contributed by atoms with Gasteiger partial charge in [-0.1, -0.05) is 12.1 Å². The number of benzene rings is 2. The SMILES string of the molecule is O=C(Cc1ccc2c(C(F)(F)F)cc(=O)oc2c1)c1ccc(O[B]O)cc1. The molecule has 3 rings (SSSR count). The van der Waals surface area contributed by atoms with Gasteiger partial charge in [-0.05, 0) is 35.9 Å². The van der Waals surface area contributed by atoms with Crippen LogP contribution in [-0.2, 0) is 12.6 Å². The third-order valence-corrected chi connectivity index (χ3v) is 3.84. The Morgan fingerprint density at radius 1 is 1.11 bits per heavy atom. The standard InChI is InChI=1S/C18H11BF3O5/c20-18(21,22)14-9-17(24)26-16-8-10(1-6-13(14)16)7-15(23)11-2-4-12(5-3-11)27-19-25/h1-6,8-9,25H,7H2. The van der Waals surface area contributed by atoms with Crippen molar-refractivity contribution in [1.82, 2.24) is 0 Å². The third kappa shape index (κ3) is 4.20. The predicted octanol–water partition coefficient (Wildman–Crippen LogP) is 3.14. The van der Waals surface area contributed by atoms with Crippen LogP contribution in [0.5, 0.6) is 5.75 Å². The van der Waals surface area contributed by atoms with Crippen LogP contribution in [0.4, 0.5) is 13.2 Å². The fraction of sp³-hybridized carbons (Fsp3) is 0.111. The number of halogens is 3. The molecule has 0 saturated heterocycles. The summed E-state index contributed by atoms with van der Waals surface area (Å²) in [5.74, 6) is 0.0458. The van der Waals surface area contributed by atoms with Crippen molar-refractivity contribution < 1.29 is 32.1 Å². The molecular weight excluding hydrogens is 364 g/mol. The molecule has 0 unspecified atom stereocenters. The summed E-state index contributed by atoms with van der Waals surface area (Å²) >= 11 is 0. The van der Waals surface area contributed by atoms with E-state index in [9.17, 15) is 22.8 Å². The molecule has 0 aliphatic heterocycles. The van der Waals surface area contributed by atoms with E-state index in [1.54, 1.807) is 0 Å². The van der Waals surface area contributed by atoms with E-state index < -0.39 is 17.4 Å². The highest BCUT2D eigenvalue weighted by Crippen LogP contribution is 2.34. The van der Waals surface area contributed by atoms with Crippen LogP contribution in [0.2, 0.25) is 0 Å². The van der Waals surface area contributed by atoms with Gasteiger partial charge in [0, 0.05) is 23.4 Å². The molecule has 0 saturated carbocycles. The smallest absolute Gasteiger partial charge is 0.537 e. The summed E-state index contributed by atoms with van der Waals surface area (Å²) in [6, 6.07) is 10.2. The van der Waals surface area contributed by atoms with Crippen molar-refractivity contribution in [3.63, 3.8) is 0 Å². The van der Waals surface area contributed by atoms with E-state index in [4.69, 9.17) is 14.1 Å². The van der Waals surface area contributed by atoms with Crippen LogP contribution in [0.1, 0.15) is 21.5 Å². The maximum Gasteiger partial charge on any atom is 0.569 e. The Hall–Kier alpha value is -3.07. The zero-order valence-corrected chi connectivity index (χ0v) is 13.6. The molecule has 0 fully saturated rings. The first-order valence-electron chi connectivity index (χ1n) is 7.68. The van der Waals surface area contributed by atoms with E-state index in [0.29, 0.717) is 30.6 Å². The van der Waals surface area contributed by atoms with E-state index in [0.717, 1.165) is 0 Å². The van der Waals surface area contributed by atoms with Crippen molar-refractivity contribution in [3.8, 4) is 5.75 Å². The van der Waals surface area contributed by atoms with Gasteiger partial charge in [-0.25, -0.2) is 4.79 Å². The average Bonchev–Trinajstić information content (AvgIpc) is 2.61. The van der Waals surface area contributed by atoms with Crippen molar-refractivity contribution in [3.05, 3.63) is 75.6 Å². The highest BCUT2D eigenvalue weighted by molar-refractivity contribution is 6.17. The molecule has 0 atom stereocenters. The number of Topliss-reactive ketones (excluding diaryl/α,β-unsaturated/α-hetero) is 1.